The molecule has 0 saturated carbocycles. The summed E-state index contributed by atoms with van der Waals surface area (Å²) in [4.78, 5) is 0. The highest BCUT2D eigenvalue weighted by Crippen LogP contribution is 2.28. The van der Waals surface area contributed by atoms with Crippen LogP contribution >= 0.6 is 15.9 Å². The summed E-state index contributed by atoms with van der Waals surface area (Å²) < 4.78 is 7.18. The summed E-state index contributed by atoms with van der Waals surface area (Å²) in [5.74, 6) is 1.64. The van der Waals surface area contributed by atoms with E-state index in [1.165, 1.54) is 12.0 Å². The van der Waals surface area contributed by atoms with Gasteiger partial charge in [0.2, 0.25) is 0 Å². The van der Waals surface area contributed by atoms with Crippen LogP contribution in [0.2, 0.25) is 0 Å². The second-order valence-corrected chi connectivity index (χ2v) is 6.46. The number of hydrogen-bond acceptors (Lipinski definition) is 1. The van der Waals surface area contributed by atoms with Gasteiger partial charge in [0, 0.05) is 4.47 Å². The van der Waals surface area contributed by atoms with E-state index in [9.17, 15) is 0 Å². The third-order valence-corrected chi connectivity index (χ3v) is 3.40. The predicted octanol–water partition coefficient (Wildman–Crippen LogP) is 5.35. The van der Waals surface area contributed by atoms with Gasteiger partial charge in [-0.2, -0.15) is 0 Å². The molecule has 1 nitrogen and oxygen atoms in total. The summed E-state index contributed by atoms with van der Waals surface area (Å²) in [5, 5.41) is 0. The minimum absolute atomic E-state index is 0.108. The average molecular weight is 299 g/mol. The Morgan fingerprint density at radius 1 is 1.29 bits per heavy atom. The Morgan fingerprint density at radius 3 is 2.47 bits per heavy atom. The fraction of sp³-hybridized carbons (Fsp3) is 0.600. The van der Waals surface area contributed by atoms with Crippen LogP contribution in [0.4, 0.5) is 0 Å². The molecule has 96 valence electrons. The molecule has 1 aromatic carbocycles. The molecule has 0 saturated heterocycles. The third kappa shape index (κ3) is 5.12. The second-order valence-electron chi connectivity index (χ2n) is 5.54. The quantitative estimate of drug-likeness (QED) is 0.712. The minimum atomic E-state index is -0.108. The number of hydrogen-bond donors (Lipinski definition) is 0. The summed E-state index contributed by atoms with van der Waals surface area (Å²) in [6.07, 6.45) is 2.28. The Bertz CT molecular complexity index is 351. The Hall–Kier alpha value is -0.500. The summed E-state index contributed by atoms with van der Waals surface area (Å²) in [6, 6.07) is 6.21. The number of rotatable bonds is 5. The van der Waals surface area contributed by atoms with Crippen LogP contribution in [0.3, 0.4) is 0 Å². The van der Waals surface area contributed by atoms with Gasteiger partial charge in [-0.3, -0.25) is 0 Å². The Kier molecular flexibility index (Phi) is 5.05. The van der Waals surface area contributed by atoms with E-state index in [-0.39, 0.29) is 5.60 Å². The van der Waals surface area contributed by atoms with Crippen LogP contribution < -0.4 is 4.74 Å². The van der Waals surface area contributed by atoms with Crippen molar-refractivity contribution in [2.24, 2.45) is 5.92 Å². The van der Waals surface area contributed by atoms with Crippen LogP contribution in [0.15, 0.2) is 22.7 Å². The largest absolute Gasteiger partial charge is 0.488 e. The van der Waals surface area contributed by atoms with Gasteiger partial charge in [0.15, 0.2) is 0 Å². The smallest absolute Gasteiger partial charge is 0.121 e. The van der Waals surface area contributed by atoms with Crippen LogP contribution in [0, 0.1) is 12.8 Å². The van der Waals surface area contributed by atoms with Crippen molar-refractivity contribution in [1.82, 2.24) is 0 Å². The van der Waals surface area contributed by atoms with E-state index in [0.717, 1.165) is 16.6 Å². The molecule has 0 amide bonds. The van der Waals surface area contributed by atoms with Crippen molar-refractivity contribution >= 4 is 15.9 Å². The van der Waals surface area contributed by atoms with E-state index in [1.54, 1.807) is 0 Å². The first-order valence-corrected chi connectivity index (χ1v) is 7.08. The number of ether oxygens (including phenoxy) is 1. The molecule has 0 fully saturated rings. The van der Waals surface area contributed by atoms with Crippen LogP contribution in [-0.2, 0) is 0 Å². The molecule has 1 atom stereocenters. The molecule has 1 rings (SSSR count). The number of halogens is 1. The Morgan fingerprint density at radius 2 is 1.94 bits per heavy atom. The first-order chi connectivity index (χ1) is 7.82. The third-order valence-electron chi connectivity index (χ3n) is 2.95. The van der Waals surface area contributed by atoms with Gasteiger partial charge >= 0.3 is 0 Å². The highest BCUT2D eigenvalue weighted by atomic mass is 79.9. The van der Waals surface area contributed by atoms with E-state index < -0.39 is 0 Å². The molecule has 0 bridgehead atoms. The van der Waals surface area contributed by atoms with Crippen molar-refractivity contribution in [3.63, 3.8) is 0 Å². The fourth-order valence-electron chi connectivity index (χ4n) is 2.11. The summed E-state index contributed by atoms with van der Waals surface area (Å²) in [6.45, 7) is 10.9. The predicted molar refractivity (Wildman–Crippen MR) is 77.7 cm³/mol. The van der Waals surface area contributed by atoms with Gasteiger partial charge in [-0.1, -0.05) is 36.2 Å². The van der Waals surface area contributed by atoms with Gasteiger partial charge in [-0.05, 0) is 56.9 Å². The maximum atomic E-state index is 6.11. The summed E-state index contributed by atoms with van der Waals surface area (Å²) in [5.41, 5.74) is 1.11. The zero-order valence-electron chi connectivity index (χ0n) is 11.5. The van der Waals surface area contributed by atoms with Gasteiger partial charge in [0.1, 0.15) is 11.4 Å². The highest BCUT2D eigenvalue weighted by Gasteiger charge is 2.22. The van der Waals surface area contributed by atoms with Crippen LogP contribution in [0.5, 0.6) is 5.75 Å². The van der Waals surface area contributed by atoms with Crippen molar-refractivity contribution in [2.45, 2.75) is 53.1 Å². The molecule has 0 aliphatic rings. The van der Waals surface area contributed by atoms with Crippen molar-refractivity contribution in [2.75, 3.05) is 0 Å². The number of aryl methyl sites for hydroxylation is 1. The van der Waals surface area contributed by atoms with Crippen molar-refractivity contribution in [1.29, 1.82) is 0 Å². The van der Waals surface area contributed by atoms with E-state index in [4.69, 9.17) is 4.74 Å². The van der Waals surface area contributed by atoms with E-state index in [2.05, 4.69) is 62.7 Å². The normalized spacial score (nSPS) is 13.5. The minimum Gasteiger partial charge on any atom is -0.488 e. The second kappa shape index (κ2) is 5.90. The Balaban J connectivity index is 2.75. The monoisotopic (exact) mass is 298 g/mol. The molecule has 0 spiro atoms. The molecule has 0 aromatic heterocycles. The molecule has 2 heteroatoms. The standard InChI is InChI=1S/C15H23BrO/c1-6-11(2)10-15(4,5)17-14-8-12(3)7-13(16)9-14/h7-9,11H,6,10H2,1-5H3. The van der Waals surface area contributed by atoms with Gasteiger partial charge in [0.25, 0.3) is 0 Å². The van der Waals surface area contributed by atoms with E-state index >= 15 is 0 Å². The zero-order chi connectivity index (χ0) is 13.1. The molecular formula is C15H23BrO. The lowest BCUT2D eigenvalue weighted by molar-refractivity contribution is 0.0815. The van der Waals surface area contributed by atoms with Gasteiger partial charge in [-0.15, -0.1) is 0 Å². The molecule has 1 aromatic rings. The van der Waals surface area contributed by atoms with E-state index in [0.29, 0.717) is 5.92 Å². The summed E-state index contributed by atoms with van der Waals surface area (Å²) >= 11 is 3.51. The molecule has 0 heterocycles. The van der Waals surface area contributed by atoms with Crippen molar-refractivity contribution < 1.29 is 4.74 Å². The van der Waals surface area contributed by atoms with Gasteiger partial charge in [0.05, 0.1) is 0 Å². The van der Waals surface area contributed by atoms with Gasteiger partial charge in [-0.25, -0.2) is 0 Å². The van der Waals surface area contributed by atoms with Crippen molar-refractivity contribution in [3.05, 3.63) is 28.2 Å². The SMILES string of the molecule is CCC(C)CC(C)(C)Oc1cc(C)cc(Br)c1. The lowest BCUT2D eigenvalue weighted by Gasteiger charge is -2.29. The topological polar surface area (TPSA) is 9.23 Å². The molecular weight excluding hydrogens is 276 g/mol. The summed E-state index contributed by atoms with van der Waals surface area (Å²) in [7, 11) is 0. The fourth-order valence-corrected chi connectivity index (χ4v) is 2.69. The van der Waals surface area contributed by atoms with E-state index in [1.807, 2.05) is 6.07 Å². The number of benzene rings is 1. The van der Waals surface area contributed by atoms with Gasteiger partial charge < -0.3 is 4.74 Å². The maximum Gasteiger partial charge on any atom is 0.121 e. The highest BCUT2D eigenvalue weighted by molar-refractivity contribution is 9.10. The maximum absolute atomic E-state index is 6.11. The lowest BCUT2D eigenvalue weighted by atomic mass is 9.93. The average Bonchev–Trinajstić information content (AvgIpc) is 2.13. The zero-order valence-corrected chi connectivity index (χ0v) is 13.1. The molecule has 17 heavy (non-hydrogen) atoms. The first kappa shape index (κ1) is 14.6. The van der Waals surface area contributed by atoms with Crippen LogP contribution in [0.1, 0.15) is 46.1 Å². The molecule has 1 unspecified atom stereocenters. The lowest BCUT2D eigenvalue weighted by Crippen LogP contribution is -2.30. The van der Waals surface area contributed by atoms with Crippen LogP contribution in [0.25, 0.3) is 0 Å². The molecule has 0 N–H and O–H groups in total. The first-order valence-electron chi connectivity index (χ1n) is 6.28. The molecule has 0 radical (unpaired) electrons. The van der Waals surface area contributed by atoms with Crippen molar-refractivity contribution in [3.8, 4) is 5.75 Å². The molecule has 0 aliphatic heterocycles. The Labute approximate surface area is 114 Å². The molecule has 0 aliphatic carbocycles. The van der Waals surface area contributed by atoms with Crippen LogP contribution in [-0.4, -0.2) is 5.60 Å².